The molecule has 0 amide bonds. The third-order valence-electron chi connectivity index (χ3n) is 3.32. The summed E-state index contributed by atoms with van der Waals surface area (Å²) < 4.78 is 0. The van der Waals surface area contributed by atoms with E-state index in [1.807, 2.05) is 36.4 Å². The molecule has 2 rings (SSSR count). The Labute approximate surface area is 109 Å². The van der Waals surface area contributed by atoms with Crippen LogP contribution in [0.1, 0.15) is 36.8 Å². The molecule has 0 saturated heterocycles. The van der Waals surface area contributed by atoms with E-state index < -0.39 is 0 Å². The monoisotopic (exact) mass is 237 g/mol. The first-order chi connectivity index (χ1) is 8.77. The van der Waals surface area contributed by atoms with Crippen LogP contribution in [-0.2, 0) is 0 Å². The van der Waals surface area contributed by atoms with E-state index in [0.29, 0.717) is 5.92 Å². The van der Waals surface area contributed by atoms with Gasteiger partial charge >= 0.3 is 0 Å². The molecule has 0 radical (unpaired) electrons. The largest absolute Gasteiger partial charge is 0.305 e. The van der Waals surface area contributed by atoms with Crippen molar-refractivity contribution in [3.8, 4) is 0 Å². The van der Waals surface area contributed by atoms with Gasteiger partial charge in [-0.25, -0.2) is 0 Å². The summed E-state index contributed by atoms with van der Waals surface area (Å²) in [7, 11) is 0. The molecule has 0 aliphatic carbocycles. The van der Waals surface area contributed by atoms with Crippen molar-refractivity contribution in [1.82, 2.24) is 0 Å². The molecule has 1 atom stereocenters. The molecule has 1 unspecified atom stereocenters. The van der Waals surface area contributed by atoms with E-state index in [1.54, 1.807) is 0 Å². The summed E-state index contributed by atoms with van der Waals surface area (Å²) in [4.78, 5) is 0. The van der Waals surface area contributed by atoms with Crippen molar-refractivity contribution in [2.45, 2.75) is 25.7 Å². The second-order valence-electron chi connectivity index (χ2n) is 4.69. The highest BCUT2D eigenvalue weighted by molar-refractivity contribution is 5.98. The minimum atomic E-state index is 0.510. The van der Waals surface area contributed by atoms with Gasteiger partial charge in [0, 0.05) is 5.71 Å². The van der Waals surface area contributed by atoms with Gasteiger partial charge in [-0.3, -0.25) is 0 Å². The Morgan fingerprint density at radius 3 is 2.11 bits per heavy atom. The van der Waals surface area contributed by atoms with E-state index in [9.17, 15) is 0 Å². The zero-order valence-corrected chi connectivity index (χ0v) is 10.8. The first-order valence-electron chi connectivity index (χ1n) is 6.45. The van der Waals surface area contributed by atoms with Crippen LogP contribution in [0.4, 0.5) is 0 Å². The number of nitrogens with one attached hydrogen (secondary N) is 1. The molecule has 0 aliphatic rings. The molecule has 1 heteroatoms. The van der Waals surface area contributed by atoms with Crippen LogP contribution in [0, 0.1) is 5.41 Å². The molecule has 1 nitrogen and oxygen atoms in total. The fourth-order valence-electron chi connectivity index (χ4n) is 2.09. The van der Waals surface area contributed by atoms with Gasteiger partial charge in [-0.15, -0.1) is 0 Å². The van der Waals surface area contributed by atoms with Crippen LogP contribution >= 0.6 is 0 Å². The van der Waals surface area contributed by atoms with Crippen molar-refractivity contribution in [3.63, 3.8) is 0 Å². The molecular formula is C17H19N. The van der Waals surface area contributed by atoms with Crippen LogP contribution in [0.25, 0.3) is 0 Å². The lowest BCUT2D eigenvalue weighted by atomic mass is 9.93. The van der Waals surface area contributed by atoms with Crippen molar-refractivity contribution in [3.05, 3.63) is 71.8 Å². The summed E-state index contributed by atoms with van der Waals surface area (Å²) in [5.74, 6) is 0.510. The minimum absolute atomic E-state index is 0.510. The zero-order valence-electron chi connectivity index (χ0n) is 10.8. The lowest BCUT2D eigenvalue weighted by Gasteiger charge is -2.12. The third-order valence-corrected chi connectivity index (χ3v) is 3.32. The molecule has 0 heterocycles. The van der Waals surface area contributed by atoms with Gasteiger partial charge in [0.05, 0.1) is 0 Å². The second-order valence-corrected chi connectivity index (χ2v) is 4.69. The fraction of sp³-hybridized carbons (Fsp3) is 0.235. The molecule has 0 fully saturated rings. The summed E-state index contributed by atoms with van der Waals surface area (Å²) in [6.07, 6.45) is 1.86. The predicted molar refractivity (Wildman–Crippen MR) is 77.4 cm³/mol. The molecule has 0 spiro atoms. The Morgan fingerprint density at radius 2 is 1.50 bits per heavy atom. The van der Waals surface area contributed by atoms with Gasteiger partial charge in [0.15, 0.2) is 0 Å². The molecule has 0 bridgehead atoms. The lowest BCUT2D eigenvalue weighted by molar-refractivity contribution is 0.702. The number of benzene rings is 2. The first kappa shape index (κ1) is 12.6. The highest BCUT2D eigenvalue weighted by Crippen LogP contribution is 2.21. The maximum absolute atomic E-state index is 8.09. The molecule has 92 valence electrons. The summed E-state index contributed by atoms with van der Waals surface area (Å²) in [5.41, 5.74) is 3.13. The standard InChI is InChI=1S/C17H19N/c1-14(15-8-4-2-5-9-15)12-13-17(18)16-10-6-3-7-11-16/h2-11,14,18H,12-13H2,1H3. The van der Waals surface area contributed by atoms with Gasteiger partial charge in [-0.05, 0) is 29.9 Å². The zero-order chi connectivity index (χ0) is 12.8. The molecule has 1 N–H and O–H groups in total. The van der Waals surface area contributed by atoms with Crippen molar-refractivity contribution >= 4 is 5.71 Å². The summed E-state index contributed by atoms with van der Waals surface area (Å²) >= 11 is 0. The Balaban J connectivity index is 1.91. The predicted octanol–water partition coefficient (Wildman–Crippen LogP) is 4.64. The molecule has 0 saturated carbocycles. The molecule has 2 aromatic carbocycles. The van der Waals surface area contributed by atoms with E-state index in [2.05, 4.69) is 31.2 Å². The smallest absolute Gasteiger partial charge is 0.0386 e. The van der Waals surface area contributed by atoms with Gasteiger partial charge < -0.3 is 5.41 Å². The van der Waals surface area contributed by atoms with Gasteiger partial charge in [-0.2, -0.15) is 0 Å². The quantitative estimate of drug-likeness (QED) is 0.733. The number of rotatable bonds is 5. The van der Waals surface area contributed by atoms with E-state index in [1.165, 1.54) is 5.56 Å². The fourth-order valence-corrected chi connectivity index (χ4v) is 2.09. The third kappa shape index (κ3) is 3.30. The molecule has 2 aromatic rings. The van der Waals surface area contributed by atoms with Crippen LogP contribution in [0.2, 0.25) is 0 Å². The molecular weight excluding hydrogens is 218 g/mol. The maximum atomic E-state index is 8.09. The van der Waals surface area contributed by atoms with Gasteiger partial charge in [0.2, 0.25) is 0 Å². The average Bonchev–Trinajstić information content (AvgIpc) is 2.46. The van der Waals surface area contributed by atoms with Gasteiger partial charge in [0.1, 0.15) is 0 Å². The Hall–Kier alpha value is -1.89. The van der Waals surface area contributed by atoms with Gasteiger partial charge in [-0.1, -0.05) is 67.6 Å². The van der Waals surface area contributed by atoms with Crippen LogP contribution in [0.5, 0.6) is 0 Å². The summed E-state index contributed by atoms with van der Waals surface area (Å²) in [6.45, 7) is 2.23. The summed E-state index contributed by atoms with van der Waals surface area (Å²) in [6, 6.07) is 20.5. The van der Waals surface area contributed by atoms with E-state index in [-0.39, 0.29) is 0 Å². The minimum Gasteiger partial charge on any atom is -0.305 e. The van der Waals surface area contributed by atoms with Crippen LogP contribution in [0.15, 0.2) is 60.7 Å². The average molecular weight is 237 g/mol. The number of hydrogen-bond donors (Lipinski definition) is 1. The highest BCUT2D eigenvalue weighted by Gasteiger charge is 2.07. The summed E-state index contributed by atoms with van der Waals surface area (Å²) in [5, 5.41) is 8.09. The van der Waals surface area contributed by atoms with Crippen molar-refractivity contribution in [1.29, 1.82) is 5.41 Å². The Morgan fingerprint density at radius 1 is 0.944 bits per heavy atom. The van der Waals surface area contributed by atoms with E-state index in [4.69, 9.17) is 5.41 Å². The lowest BCUT2D eigenvalue weighted by Crippen LogP contribution is -2.02. The van der Waals surface area contributed by atoms with Crippen molar-refractivity contribution in [2.24, 2.45) is 0 Å². The van der Waals surface area contributed by atoms with E-state index in [0.717, 1.165) is 24.1 Å². The Bertz CT molecular complexity index is 488. The van der Waals surface area contributed by atoms with Gasteiger partial charge in [0.25, 0.3) is 0 Å². The van der Waals surface area contributed by atoms with Crippen LogP contribution in [0.3, 0.4) is 0 Å². The Kier molecular flexibility index (Phi) is 4.30. The molecule has 18 heavy (non-hydrogen) atoms. The number of hydrogen-bond acceptors (Lipinski definition) is 1. The van der Waals surface area contributed by atoms with Crippen LogP contribution < -0.4 is 0 Å². The van der Waals surface area contributed by atoms with E-state index >= 15 is 0 Å². The second kappa shape index (κ2) is 6.15. The molecule has 0 aliphatic heterocycles. The normalized spacial score (nSPS) is 12.1. The first-order valence-corrected chi connectivity index (χ1v) is 6.45. The SMILES string of the molecule is CC(CCC(=N)c1ccccc1)c1ccccc1. The topological polar surface area (TPSA) is 23.9 Å². The van der Waals surface area contributed by atoms with Crippen LogP contribution in [-0.4, -0.2) is 5.71 Å². The van der Waals surface area contributed by atoms with Crippen molar-refractivity contribution in [2.75, 3.05) is 0 Å². The maximum Gasteiger partial charge on any atom is 0.0386 e. The van der Waals surface area contributed by atoms with Crippen molar-refractivity contribution < 1.29 is 0 Å². The highest BCUT2D eigenvalue weighted by atomic mass is 14.4. The molecule has 0 aromatic heterocycles.